The lowest BCUT2D eigenvalue weighted by Gasteiger charge is -2.27. The van der Waals surface area contributed by atoms with E-state index in [4.69, 9.17) is 9.47 Å². The van der Waals surface area contributed by atoms with Gasteiger partial charge >= 0.3 is 5.97 Å². The molecule has 1 aliphatic carbocycles. The van der Waals surface area contributed by atoms with Crippen LogP contribution in [0, 0.1) is 0 Å². The third kappa shape index (κ3) is 4.18. The number of benzene rings is 2. The van der Waals surface area contributed by atoms with Gasteiger partial charge in [-0.25, -0.2) is 0 Å². The summed E-state index contributed by atoms with van der Waals surface area (Å²) in [5.74, 6) is 1.36. The van der Waals surface area contributed by atoms with Crippen molar-refractivity contribution in [1.29, 1.82) is 0 Å². The Kier molecular flexibility index (Phi) is 6.03. The van der Waals surface area contributed by atoms with Crippen LogP contribution in [0.25, 0.3) is 0 Å². The predicted octanol–water partition coefficient (Wildman–Crippen LogP) is 4.94. The largest absolute Gasteiger partial charge is 0.483 e. The van der Waals surface area contributed by atoms with Crippen LogP contribution in [0.1, 0.15) is 36.8 Å². The van der Waals surface area contributed by atoms with Gasteiger partial charge in [-0.1, -0.05) is 55.3 Å². The Morgan fingerprint density at radius 1 is 1.04 bits per heavy atom. The molecule has 0 radical (unpaired) electrons. The minimum absolute atomic E-state index is 0.105. The van der Waals surface area contributed by atoms with E-state index in [0.717, 1.165) is 42.6 Å². The van der Waals surface area contributed by atoms with Crippen molar-refractivity contribution in [3.8, 4) is 5.75 Å². The summed E-state index contributed by atoms with van der Waals surface area (Å²) in [5, 5.41) is 0. The Labute approximate surface area is 153 Å². The molecule has 0 aliphatic heterocycles. The highest BCUT2D eigenvalue weighted by atomic mass is 32.2. The predicted molar refractivity (Wildman–Crippen MR) is 102 cm³/mol. The Morgan fingerprint density at radius 3 is 2.36 bits per heavy atom. The second-order valence-electron chi connectivity index (χ2n) is 6.43. The Balaban J connectivity index is 1.73. The molecular formula is C21H24O3S. The van der Waals surface area contributed by atoms with E-state index in [0.29, 0.717) is 12.5 Å². The fourth-order valence-corrected chi connectivity index (χ4v) is 3.70. The van der Waals surface area contributed by atoms with E-state index in [1.54, 1.807) is 11.8 Å². The molecule has 1 aliphatic rings. The lowest BCUT2D eigenvalue weighted by molar-refractivity contribution is -0.152. The molecule has 3 nitrogen and oxygen atoms in total. The molecule has 0 saturated heterocycles. The van der Waals surface area contributed by atoms with E-state index in [2.05, 4.69) is 0 Å². The first-order valence-electron chi connectivity index (χ1n) is 8.68. The van der Waals surface area contributed by atoms with Gasteiger partial charge in [0.1, 0.15) is 18.3 Å². The molecule has 132 valence electrons. The smallest absolute Gasteiger partial charge is 0.316 e. The van der Waals surface area contributed by atoms with Crippen molar-refractivity contribution >= 4 is 17.7 Å². The van der Waals surface area contributed by atoms with Gasteiger partial charge in [-0.3, -0.25) is 4.79 Å². The van der Waals surface area contributed by atoms with Crippen molar-refractivity contribution in [1.82, 2.24) is 0 Å². The average Bonchev–Trinajstić information content (AvgIpc) is 3.17. The normalized spacial score (nSPS) is 15.7. The minimum Gasteiger partial charge on any atom is -0.483 e. The molecule has 0 atom stereocenters. The zero-order chi connectivity index (χ0) is 17.5. The molecule has 0 amide bonds. The summed E-state index contributed by atoms with van der Waals surface area (Å²) in [6, 6.07) is 17.8. The van der Waals surface area contributed by atoms with Crippen LogP contribution in [0.5, 0.6) is 5.75 Å². The van der Waals surface area contributed by atoms with Gasteiger partial charge in [0.05, 0.1) is 5.41 Å². The average molecular weight is 356 g/mol. The molecule has 0 heterocycles. The minimum atomic E-state index is -0.507. The first-order valence-corrected chi connectivity index (χ1v) is 10.1. The molecule has 2 aromatic carbocycles. The number of carbonyl (C=O) groups excluding carboxylic acids is 1. The van der Waals surface area contributed by atoms with Crippen LogP contribution in [0.3, 0.4) is 0 Å². The summed E-state index contributed by atoms with van der Waals surface area (Å²) < 4.78 is 11.3. The van der Waals surface area contributed by atoms with Crippen LogP contribution < -0.4 is 4.74 Å². The molecule has 0 N–H and O–H groups in total. The summed E-state index contributed by atoms with van der Waals surface area (Å²) >= 11 is 1.64. The standard InChI is InChI=1S/C21H24O3S/c1-25-16-24-19-11-9-18(10-12-19)21(13-5-6-14-21)20(22)23-15-17-7-3-2-4-8-17/h2-4,7-12H,5-6,13-16H2,1H3. The molecule has 0 aromatic heterocycles. The topological polar surface area (TPSA) is 35.5 Å². The highest BCUT2D eigenvalue weighted by molar-refractivity contribution is 7.98. The summed E-state index contributed by atoms with van der Waals surface area (Å²) in [5.41, 5.74) is 1.55. The van der Waals surface area contributed by atoms with Crippen molar-refractivity contribution in [3.05, 3.63) is 65.7 Å². The second kappa shape index (κ2) is 8.43. The number of esters is 1. The van der Waals surface area contributed by atoms with Crippen molar-refractivity contribution in [3.63, 3.8) is 0 Å². The lowest BCUT2D eigenvalue weighted by atomic mass is 9.79. The Bertz CT molecular complexity index is 676. The Morgan fingerprint density at radius 2 is 1.72 bits per heavy atom. The fraction of sp³-hybridized carbons (Fsp3) is 0.381. The van der Waals surface area contributed by atoms with E-state index in [1.807, 2.05) is 60.9 Å². The van der Waals surface area contributed by atoms with Crippen molar-refractivity contribution < 1.29 is 14.3 Å². The van der Waals surface area contributed by atoms with E-state index in [9.17, 15) is 4.79 Å². The summed E-state index contributed by atoms with van der Waals surface area (Å²) in [7, 11) is 0. The summed E-state index contributed by atoms with van der Waals surface area (Å²) in [6.45, 7) is 0.330. The lowest BCUT2D eigenvalue weighted by Crippen LogP contribution is -2.34. The van der Waals surface area contributed by atoms with Crippen LogP contribution in [0.15, 0.2) is 54.6 Å². The molecule has 2 aromatic rings. The molecule has 25 heavy (non-hydrogen) atoms. The van der Waals surface area contributed by atoms with Crippen LogP contribution in [-0.2, 0) is 21.6 Å². The van der Waals surface area contributed by atoms with Crippen molar-refractivity contribution in [2.45, 2.75) is 37.7 Å². The van der Waals surface area contributed by atoms with Gasteiger partial charge in [0.2, 0.25) is 0 Å². The van der Waals surface area contributed by atoms with Gasteiger partial charge in [-0.15, -0.1) is 11.8 Å². The van der Waals surface area contributed by atoms with Crippen LogP contribution in [0.2, 0.25) is 0 Å². The second-order valence-corrected chi connectivity index (χ2v) is 7.24. The number of hydrogen-bond donors (Lipinski definition) is 0. The third-order valence-electron chi connectivity index (χ3n) is 4.81. The summed E-state index contributed by atoms with van der Waals surface area (Å²) in [4.78, 5) is 12.9. The van der Waals surface area contributed by atoms with Gasteiger partial charge in [0, 0.05) is 0 Å². The summed E-state index contributed by atoms with van der Waals surface area (Å²) in [6.07, 6.45) is 5.83. The molecular weight excluding hydrogens is 332 g/mol. The maximum atomic E-state index is 12.9. The van der Waals surface area contributed by atoms with E-state index < -0.39 is 5.41 Å². The molecule has 0 spiro atoms. The van der Waals surface area contributed by atoms with E-state index in [1.165, 1.54) is 0 Å². The molecule has 0 unspecified atom stereocenters. The fourth-order valence-electron chi connectivity index (χ4n) is 3.45. The zero-order valence-corrected chi connectivity index (χ0v) is 15.4. The SMILES string of the molecule is CSCOc1ccc(C2(C(=O)OCc3ccccc3)CCCC2)cc1. The number of thioether (sulfide) groups is 1. The molecule has 0 bridgehead atoms. The van der Waals surface area contributed by atoms with Crippen molar-refractivity contribution in [2.75, 3.05) is 12.2 Å². The number of ether oxygens (including phenoxy) is 2. The maximum absolute atomic E-state index is 12.9. The molecule has 3 rings (SSSR count). The Hall–Kier alpha value is -1.94. The van der Waals surface area contributed by atoms with E-state index in [-0.39, 0.29) is 5.97 Å². The van der Waals surface area contributed by atoms with E-state index >= 15 is 0 Å². The first-order chi connectivity index (χ1) is 12.2. The first kappa shape index (κ1) is 17.9. The highest BCUT2D eigenvalue weighted by Crippen LogP contribution is 2.42. The number of hydrogen-bond acceptors (Lipinski definition) is 4. The molecule has 1 saturated carbocycles. The number of rotatable bonds is 7. The molecule has 4 heteroatoms. The van der Waals surface area contributed by atoms with Crippen LogP contribution >= 0.6 is 11.8 Å². The monoisotopic (exact) mass is 356 g/mol. The van der Waals surface area contributed by atoms with Crippen molar-refractivity contribution in [2.24, 2.45) is 0 Å². The van der Waals surface area contributed by atoms with Gasteiger partial charge in [-0.05, 0) is 42.4 Å². The quantitative estimate of drug-likeness (QED) is 0.520. The van der Waals surface area contributed by atoms with Crippen LogP contribution in [-0.4, -0.2) is 18.2 Å². The number of carbonyl (C=O) groups is 1. The molecule has 1 fully saturated rings. The zero-order valence-electron chi connectivity index (χ0n) is 14.6. The third-order valence-corrected chi connectivity index (χ3v) is 5.16. The van der Waals surface area contributed by atoms with Gasteiger partial charge in [0.25, 0.3) is 0 Å². The van der Waals surface area contributed by atoms with Gasteiger partial charge in [0.15, 0.2) is 0 Å². The highest BCUT2D eigenvalue weighted by Gasteiger charge is 2.44. The van der Waals surface area contributed by atoms with Gasteiger partial charge in [-0.2, -0.15) is 0 Å². The van der Waals surface area contributed by atoms with Gasteiger partial charge < -0.3 is 9.47 Å². The maximum Gasteiger partial charge on any atom is 0.316 e. The van der Waals surface area contributed by atoms with Crippen LogP contribution in [0.4, 0.5) is 0 Å².